The first-order chi connectivity index (χ1) is 12.6. The van der Waals surface area contributed by atoms with Gasteiger partial charge in [-0.2, -0.15) is 13.2 Å². The lowest BCUT2D eigenvalue weighted by Gasteiger charge is -2.42. The maximum absolute atomic E-state index is 14.4. The summed E-state index contributed by atoms with van der Waals surface area (Å²) in [6, 6.07) is 0.880. The fourth-order valence-electron chi connectivity index (χ4n) is 3.49. The predicted molar refractivity (Wildman–Crippen MR) is 85.6 cm³/mol. The normalized spacial score (nSPS) is 26.3. The Balaban J connectivity index is 1.83. The SMILES string of the molecule is O=C1CC(C(=O)N[C@H](c2ccc(F)c(Cl)c2F)C2CC(C(F)(F)F)C2)CN1. The van der Waals surface area contributed by atoms with Gasteiger partial charge in [-0.05, 0) is 24.8 Å². The van der Waals surface area contributed by atoms with Gasteiger partial charge in [0.05, 0.1) is 17.9 Å². The average molecular weight is 411 g/mol. The van der Waals surface area contributed by atoms with Gasteiger partial charge in [-0.25, -0.2) is 8.78 Å². The molecule has 2 fully saturated rings. The van der Waals surface area contributed by atoms with E-state index in [0.29, 0.717) is 0 Å². The summed E-state index contributed by atoms with van der Waals surface area (Å²) >= 11 is 5.58. The Labute approximate surface area is 156 Å². The minimum atomic E-state index is -4.37. The Hall–Kier alpha value is -1.90. The Morgan fingerprint density at radius 3 is 2.48 bits per heavy atom. The number of rotatable bonds is 4. The van der Waals surface area contributed by atoms with Crippen LogP contribution in [-0.2, 0) is 9.59 Å². The number of alkyl halides is 3. The monoisotopic (exact) mass is 410 g/mol. The Bertz CT molecular complexity index is 764. The molecular formula is C17H16ClF5N2O2. The molecular weight excluding hydrogens is 395 g/mol. The van der Waals surface area contributed by atoms with Crippen LogP contribution < -0.4 is 10.6 Å². The van der Waals surface area contributed by atoms with Crippen molar-refractivity contribution in [2.45, 2.75) is 31.5 Å². The van der Waals surface area contributed by atoms with Gasteiger partial charge in [0.25, 0.3) is 0 Å². The predicted octanol–water partition coefficient (Wildman–Crippen LogP) is 3.50. The van der Waals surface area contributed by atoms with Gasteiger partial charge in [0.15, 0.2) is 0 Å². The van der Waals surface area contributed by atoms with E-state index in [-0.39, 0.29) is 37.3 Å². The van der Waals surface area contributed by atoms with Crippen LogP contribution in [0.5, 0.6) is 0 Å². The fraction of sp³-hybridized carbons (Fsp3) is 0.529. The molecule has 4 nitrogen and oxygen atoms in total. The summed E-state index contributed by atoms with van der Waals surface area (Å²) in [5.74, 6) is -5.92. The van der Waals surface area contributed by atoms with Crippen LogP contribution in [0.2, 0.25) is 5.02 Å². The zero-order chi connectivity index (χ0) is 19.9. The molecule has 0 radical (unpaired) electrons. The highest BCUT2D eigenvalue weighted by Gasteiger charge is 2.51. The molecule has 2 amide bonds. The van der Waals surface area contributed by atoms with E-state index in [1.807, 2.05) is 0 Å². The quantitative estimate of drug-likeness (QED) is 0.589. The molecule has 1 saturated heterocycles. The summed E-state index contributed by atoms with van der Waals surface area (Å²) in [5.41, 5.74) is -0.169. The Morgan fingerprint density at radius 1 is 1.26 bits per heavy atom. The van der Waals surface area contributed by atoms with E-state index < -0.39 is 52.5 Å². The Morgan fingerprint density at radius 2 is 1.93 bits per heavy atom. The van der Waals surface area contributed by atoms with Crippen LogP contribution in [0.1, 0.15) is 30.9 Å². The van der Waals surface area contributed by atoms with Crippen molar-refractivity contribution in [2.75, 3.05) is 6.54 Å². The van der Waals surface area contributed by atoms with Gasteiger partial charge < -0.3 is 10.6 Å². The van der Waals surface area contributed by atoms with Crippen molar-refractivity contribution in [3.8, 4) is 0 Å². The standard InChI is InChI=1S/C17H16ClF5N2O2/c18-13-11(19)2-1-10(14(13)20)15(7-3-9(4-7)17(21,22)23)25-16(27)8-5-12(26)24-6-8/h1-2,7-9,15H,3-6H2,(H,24,26)(H,25,27)/t7?,8?,9?,15-/m0/s1. The molecule has 1 aliphatic carbocycles. The molecule has 1 unspecified atom stereocenters. The van der Waals surface area contributed by atoms with Gasteiger partial charge in [0.1, 0.15) is 16.7 Å². The molecule has 2 atom stereocenters. The largest absolute Gasteiger partial charge is 0.391 e. The van der Waals surface area contributed by atoms with Crippen LogP contribution in [0, 0.1) is 29.4 Å². The van der Waals surface area contributed by atoms with E-state index >= 15 is 0 Å². The van der Waals surface area contributed by atoms with Crippen molar-refractivity contribution in [1.29, 1.82) is 0 Å². The summed E-state index contributed by atoms with van der Waals surface area (Å²) in [7, 11) is 0. The highest BCUT2D eigenvalue weighted by molar-refractivity contribution is 6.31. The summed E-state index contributed by atoms with van der Waals surface area (Å²) in [5, 5.41) is 4.24. The van der Waals surface area contributed by atoms with E-state index in [9.17, 15) is 31.5 Å². The van der Waals surface area contributed by atoms with Gasteiger partial charge in [0, 0.05) is 18.5 Å². The molecule has 3 rings (SSSR count). The maximum Gasteiger partial charge on any atom is 0.391 e. The van der Waals surface area contributed by atoms with Gasteiger partial charge >= 0.3 is 6.18 Å². The number of amides is 2. The van der Waals surface area contributed by atoms with Crippen LogP contribution in [0.25, 0.3) is 0 Å². The average Bonchev–Trinajstić information content (AvgIpc) is 2.96. The molecule has 1 heterocycles. The number of benzene rings is 1. The smallest absolute Gasteiger partial charge is 0.355 e. The van der Waals surface area contributed by atoms with Crippen LogP contribution in [-0.4, -0.2) is 24.5 Å². The third-order valence-electron chi connectivity index (χ3n) is 5.15. The van der Waals surface area contributed by atoms with Gasteiger partial charge in [-0.1, -0.05) is 17.7 Å². The number of halogens is 6. The van der Waals surface area contributed by atoms with E-state index in [0.717, 1.165) is 12.1 Å². The first-order valence-corrected chi connectivity index (χ1v) is 8.73. The number of hydrogen-bond acceptors (Lipinski definition) is 2. The molecule has 1 saturated carbocycles. The molecule has 1 aromatic rings. The summed E-state index contributed by atoms with van der Waals surface area (Å²) in [4.78, 5) is 23.7. The molecule has 1 aromatic carbocycles. The minimum absolute atomic E-state index is 0.0545. The maximum atomic E-state index is 14.4. The van der Waals surface area contributed by atoms with Gasteiger partial charge in [0.2, 0.25) is 11.8 Å². The summed E-state index contributed by atoms with van der Waals surface area (Å²) in [6.45, 7) is 0.0971. The molecule has 0 spiro atoms. The van der Waals surface area contributed by atoms with Gasteiger partial charge in [-0.15, -0.1) is 0 Å². The van der Waals surface area contributed by atoms with E-state index in [4.69, 9.17) is 11.6 Å². The number of nitrogens with one attached hydrogen (secondary N) is 2. The molecule has 1 aliphatic heterocycles. The second-order valence-electron chi connectivity index (χ2n) is 6.93. The van der Waals surface area contributed by atoms with Crippen molar-refractivity contribution in [2.24, 2.45) is 17.8 Å². The number of hydrogen-bond donors (Lipinski definition) is 2. The summed E-state index contributed by atoms with van der Waals surface area (Å²) in [6.07, 6.45) is -5.00. The molecule has 0 bridgehead atoms. The Kier molecular flexibility index (Phi) is 5.33. The topological polar surface area (TPSA) is 58.2 Å². The third-order valence-corrected chi connectivity index (χ3v) is 5.50. The minimum Gasteiger partial charge on any atom is -0.355 e. The van der Waals surface area contributed by atoms with E-state index in [1.54, 1.807) is 0 Å². The first kappa shape index (κ1) is 19.9. The first-order valence-electron chi connectivity index (χ1n) is 8.35. The van der Waals surface area contributed by atoms with E-state index in [1.165, 1.54) is 0 Å². The lowest BCUT2D eigenvalue weighted by molar-refractivity contribution is -0.207. The number of carbonyl (C=O) groups excluding carboxylic acids is 2. The van der Waals surface area contributed by atoms with E-state index in [2.05, 4.69) is 10.6 Å². The third kappa shape index (κ3) is 4.02. The summed E-state index contributed by atoms with van der Waals surface area (Å²) < 4.78 is 66.3. The highest BCUT2D eigenvalue weighted by Crippen LogP contribution is 2.50. The van der Waals surface area contributed by atoms with Crippen LogP contribution in [0.15, 0.2) is 12.1 Å². The van der Waals surface area contributed by atoms with Crippen molar-refractivity contribution >= 4 is 23.4 Å². The lowest BCUT2D eigenvalue weighted by Crippen LogP contribution is -2.45. The second-order valence-corrected chi connectivity index (χ2v) is 7.30. The molecule has 2 aliphatic rings. The second kappa shape index (κ2) is 7.26. The molecule has 2 N–H and O–H groups in total. The van der Waals surface area contributed by atoms with Crippen LogP contribution in [0.3, 0.4) is 0 Å². The molecule has 148 valence electrons. The van der Waals surface area contributed by atoms with Gasteiger partial charge in [-0.3, -0.25) is 9.59 Å². The lowest BCUT2D eigenvalue weighted by atomic mass is 9.69. The van der Waals surface area contributed by atoms with Crippen molar-refractivity contribution in [1.82, 2.24) is 10.6 Å². The molecule has 10 heteroatoms. The fourth-order valence-corrected chi connectivity index (χ4v) is 3.67. The highest BCUT2D eigenvalue weighted by atomic mass is 35.5. The molecule has 0 aromatic heterocycles. The number of carbonyl (C=O) groups is 2. The van der Waals surface area contributed by atoms with Crippen molar-refractivity contribution < 1.29 is 31.5 Å². The molecule has 27 heavy (non-hydrogen) atoms. The zero-order valence-electron chi connectivity index (χ0n) is 13.9. The van der Waals surface area contributed by atoms with Crippen molar-refractivity contribution in [3.05, 3.63) is 34.4 Å². The van der Waals surface area contributed by atoms with Crippen LogP contribution in [0.4, 0.5) is 22.0 Å². The van der Waals surface area contributed by atoms with Crippen LogP contribution >= 0.6 is 11.6 Å². The zero-order valence-corrected chi connectivity index (χ0v) is 14.6. The van der Waals surface area contributed by atoms with Crippen molar-refractivity contribution in [3.63, 3.8) is 0 Å².